The van der Waals surface area contributed by atoms with Crippen LogP contribution in [0.15, 0.2) is 79.1 Å². The van der Waals surface area contributed by atoms with Crippen molar-refractivity contribution in [3.8, 4) is 22.6 Å². The number of benzene rings is 3. The van der Waals surface area contributed by atoms with E-state index in [1.807, 2.05) is 36.4 Å². The summed E-state index contributed by atoms with van der Waals surface area (Å²) >= 11 is 0. The highest BCUT2D eigenvalue weighted by Crippen LogP contribution is 2.47. The predicted octanol–water partition coefficient (Wildman–Crippen LogP) is 8.48. The quantitative estimate of drug-likeness (QED) is 0.260. The Morgan fingerprint density at radius 3 is 2.50 bits per heavy atom. The van der Waals surface area contributed by atoms with E-state index in [9.17, 15) is 5.11 Å². The fourth-order valence-corrected chi connectivity index (χ4v) is 5.22. The molecule has 0 amide bonds. The van der Waals surface area contributed by atoms with E-state index in [4.69, 9.17) is 14.2 Å². The molecule has 4 rings (SSSR count). The number of hydrogen-bond acceptors (Lipinski definition) is 4. The molecular formula is C33H37FO4. The number of aliphatic hydroxyl groups excluding tert-OH is 1. The number of aliphatic hydroxyl groups is 1. The van der Waals surface area contributed by atoms with Gasteiger partial charge < -0.3 is 19.3 Å². The van der Waals surface area contributed by atoms with Crippen molar-refractivity contribution in [3.63, 3.8) is 0 Å². The molecule has 4 nitrogen and oxygen atoms in total. The summed E-state index contributed by atoms with van der Waals surface area (Å²) in [5.41, 5.74) is 5.63. The van der Waals surface area contributed by atoms with Gasteiger partial charge in [0.15, 0.2) is 0 Å². The first-order valence-electron chi connectivity index (χ1n) is 13.0. The molecule has 0 saturated heterocycles. The molecule has 1 aliphatic carbocycles. The lowest BCUT2D eigenvalue weighted by molar-refractivity contribution is 0.173. The van der Waals surface area contributed by atoms with Gasteiger partial charge in [-0.3, -0.25) is 0 Å². The Bertz CT molecular complexity index is 1320. The zero-order chi connectivity index (χ0) is 27.3. The fourth-order valence-electron chi connectivity index (χ4n) is 5.22. The van der Waals surface area contributed by atoms with E-state index in [1.54, 1.807) is 26.4 Å². The molecule has 0 aliphatic heterocycles. The molecule has 0 saturated carbocycles. The largest absolute Gasteiger partial charge is 0.513 e. The summed E-state index contributed by atoms with van der Waals surface area (Å²) < 4.78 is 32.0. The van der Waals surface area contributed by atoms with Gasteiger partial charge in [-0.05, 0) is 82.5 Å². The number of halogens is 1. The second-order valence-electron chi connectivity index (χ2n) is 10.5. The summed E-state index contributed by atoms with van der Waals surface area (Å²) in [6.45, 7) is 8.95. The molecule has 0 heterocycles. The first kappa shape index (κ1) is 27.5. The van der Waals surface area contributed by atoms with Gasteiger partial charge >= 0.3 is 0 Å². The van der Waals surface area contributed by atoms with E-state index in [0.717, 1.165) is 40.8 Å². The third-order valence-electron chi connectivity index (χ3n) is 7.27. The minimum absolute atomic E-state index is 0.00895. The maximum atomic E-state index is 15.0. The van der Waals surface area contributed by atoms with Gasteiger partial charge in [0.1, 0.15) is 23.9 Å². The molecule has 5 heteroatoms. The average molecular weight is 517 g/mol. The van der Waals surface area contributed by atoms with Crippen molar-refractivity contribution in [1.29, 1.82) is 0 Å². The maximum absolute atomic E-state index is 15.0. The molecule has 1 atom stereocenters. The standard InChI is InChI=1S/C33H37FO4/c1-22(35)16-25(21-36-4)24-8-6-9-27(18-24)38-20-23-11-13-28(30-19-26(37-5)12-14-32(30)34)29(17-23)31-10-7-15-33(31,2)3/h6,8-14,17-19,25,35H,1,7,15-16,20-21H2,2-5H3/t25-/m0/s1. The third-order valence-corrected chi connectivity index (χ3v) is 7.27. The van der Waals surface area contributed by atoms with Gasteiger partial charge in [-0.1, -0.05) is 50.8 Å². The molecule has 0 fully saturated rings. The van der Waals surface area contributed by atoms with E-state index in [0.29, 0.717) is 30.9 Å². The number of allylic oxidation sites excluding steroid dienone is 3. The van der Waals surface area contributed by atoms with Gasteiger partial charge in [-0.2, -0.15) is 0 Å². The molecule has 0 aromatic heterocycles. The smallest absolute Gasteiger partial charge is 0.131 e. The minimum Gasteiger partial charge on any atom is -0.513 e. The highest BCUT2D eigenvalue weighted by molar-refractivity contribution is 5.85. The Balaban J connectivity index is 1.65. The second kappa shape index (κ2) is 11.9. The van der Waals surface area contributed by atoms with Crippen molar-refractivity contribution in [3.05, 3.63) is 102 Å². The zero-order valence-electron chi connectivity index (χ0n) is 22.7. The first-order chi connectivity index (χ1) is 18.2. The molecular weight excluding hydrogens is 479 g/mol. The van der Waals surface area contributed by atoms with E-state index in [-0.39, 0.29) is 22.9 Å². The van der Waals surface area contributed by atoms with Crippen LogP contribution in [0.5, 0.6) is 11.5 Å². The van der Waals surface area contributed by atoms with Crippen LogP contribution in [0.2, 0.25) is 0 Å². The molecule has 0 bridgehead atoms. The van der Waals surface area contributed by atoms with Gasteiger partial charge in [-0.25, -0.2) is 4.39 Å². The fraction of sp³-hybridized carbons (Fsp3) is 0.333. The summed E-state index contributed by atoms with van der Waals surface area (Å²) in [5, 5.41) is 9.72. The highest BCUT2D eigenvalue weighted by Gasteiger charge is 2.30. The summed E-state index contributed by atoms with van der Waals surface area (Å²) in [6, 6.07) is 18.8. The monoisotopic (exact) mass is 516 g/mol. The van der Waals surface area contributed by atoms with Crippen LogP contribution in [0.4, 0.5) is 4.39 Å². The lowest BCUT2D eigenvalue weighted by Crippen LogP contribution is -2.10. The van der Waals surface area contributed by atoms with Gasteiger partial charge in [0, 0.05) is 25.0 Å². The number of rotatable bonds is 11. The topological polar surface area (TPSA) is 47.9 Å². The molecule has 0 spiro atoms. The molecule has 0 unspecified atom stereocenters. The molecule has 1 N–H and O–H groups in total. The van der Waals surface area contributed by atoms with Crippen LogP contribution < -0.4 is 9.47 Å². The SMILES string of the molecule is C=C(O)C[C@@H](COC)c1cccc(OCc2ccc(-c3cc(OC)ccc3F)c(C3=CCCC3(C)C)c2)c1. The predicted molar refractivity (Wildman–Crippen MR) is 151 cm³/mol. The first-order valence-corrected chi connectivity index (χ1v) is 13.0. The lowest BCUT2D eigenvalue weighted by atomic mass is 9.79. The summed E-state index contributed by atoms with van der Waals surface area (Å²) in [4.78, 5) is 0. The average Bonchev–Trinajstić information content (AvgIpc) is 3.26. The molecule has 3 aromatic carbocycles. The normalized spacial score (nSPS) is 15.1. The maximum Gasteiger partial charge on any atom is 0.131 e. The van der Waals surface area contributed by atoms with Gasteiger partial charge in [-0.15, -0.1) is 0 Å². The van der Waals surface area contributed by atoms with Crippen molar-refractivity contribution in [2.45, 2.75) is 45.6 Å². The Morgan fingerprint density at radius 2 is 1.82 bits per heavy atom. The van der Waals surface area contributed by atoms with Crippen molar-refractivity contribution in [2.75, 3.05) is 20.8 Å². The van der Waals surface area contributed by atoms with E-state index >= 15 is 4.39 Å². The van der Waals surface area contributed by atoms with Crippen LogP contribution in [0.1, 0.15) is 55.7 Å². The number of hydrogen-bond donors (Lipinski definition) is 1. The molecule has 38 heavy (non-hydrogen) atoms. The molecule has 200 valence electrons. The number of ether oxygens (including phenoxy) is 3. The van der Waals surface area contributed by atoms with Crippen molar-refractivity contribution in [2.24, 2.45) is 5.41 Å². The summed E-state index contributed by atoms with van der Waals surface area (Å²) in [5.74, 6) is 1.19. The van der Waals surface area contributed by atoms with Crippen LogP contribution in [0.3, 0.4) is 0 Å². The van der Waals surface area contributed by atoms with Crippen LogP contribution in [0.25, 0.3) is 16.7 Å². The Kier molecular flexibility index (Phi) is 8.58. The van der Waals surface area contributed by atoms with Crippen LogP contribution >= 0.6 is 0 Å². The Morgan fingerprint density at radius 1 is 1.00 bits per heavy atom. The highest BCUT2D eigenvalue weighted by atomic mass is 19.1. The third kappa shape index (κ3) is 6.28. The lowest BCUT2D eigenvalue weighted by Gasteiger charge is -2.25. The molecule has 3 aromatic rings. The van der Waals surface area contributed by atoms with Crippen molar-refractivity contribution < 1.29 is 23.7 Å². The second-order valence-corrected chi connectivity index (χ2v) is 10.5. The van der Waals surface area contributed by atoms with Gasteiger partial charge in [0.25, 0.3) is 0 Å². The van der Waals surface area contributed by atoms with Crippen LogP contribution in [-0.2, 0) is 11.3 Å². The van der Waals surface area contributed by atoms with E-state index in [2.05, 4.69) is 32.6 Å². The Hall–Kier alpha value is -3.57. The minimum atomic E-state index is -0.277. The van der Waals surface area contributed by atoms with Crippen molar-refractivity contribution in [1.82, 2.24) is 0 Å². The molecule has 0 radical (unpaired) electrons. The summed E-state index contributed by atoms with van der Waals surface area (Å²) in [7, 11) is 3.24. The summed E-state index contributed by atoms with van der Waals surface area (Å²) in [6.07, 6.45) is 4.75. The van der Waals surface area contributed by atoms with Gasteiger partial charge in [0.05, 0.1) is 19.5 Å². The van der Waals surface area contributed by atoms with E-state index in [1.165, 1.54) is 11.6 Å². The van der Waals surface area contributed by atoms with Crippen LogP contribution in [-0.4, -0.2) is 25.9 Å². The molecule has 1 aliphatic rings. The van der Waals surface area contributed by atoms with Crippen LogP contribution in [0, 0.1) is 11.2 Å². The zero-order valence-corrected chi connectivity index (χ0v) is 22.7. The Labute approximate surface area is 225 Å². The van der Waals surface area contributed by atoms with E-state index < -0.39 is 0 Å². The van der Waals surface area contributed by atoms with Gasteiger partial charge in [0.2, 0.25) is 0 Å². The number of methoxy groups -OCH3 is 2. The van der Waals surface area contributed by atoms with Crippen molar-refractivity contribution >= 4 is 5.57 Å².